The average molecular weight is 331 g/mol. The maximum absolute atomic E-state index is 13.5. The first-order valence-corrected chi connectivity index (χ1v) is 7.36. The first-order chi connectivity index (χ1) is 11.5. The highest BCUT2D eigenvalue weighted by Gasteiger charge is 2.15. The zero-order valence-electron chi connectivity index (χ0n) is 13.4. The van der Waals surface area contributed by atoms with E-state index in [0.29, 0.717) is 5.75 Å². The molecule has 0 saturated carbocycles. The second kappa shape index (κ2) is 8.10. The van der Waals surface area contributed by atoms with Gasteiger partial charge in [-0.1, -0.05) is 24.3 Å². The van der Waals surface area contributed by atoms with Gasteiger partial charge >= 0.3 is 5.97 Å². The van der Waals surface area contributed by atoms with Crippen LogP contribution in [-0.2, 0) is 9.53 Å². The molecule has 0 fully saturated rings. The summed E-state index contributed by atoms with van der Waals surface area (Å²) in [5.74, 6) is -1.36. The Hall–Kier alpha value is -2.89. The third-order valence-corrected chi connectivity index (χ3v) is 3.40. The lowest BCUT2D eigenvalue weighted by atomic mass is 10.1. The van der Waals surface area contributed by atoms with E-state index < -0.39 is 24.3 Å². The summed E-state index contributed by atoms with van der Waals surface area (Å²) < 4.78 is 23.4. The summed E-state index contributed by atoms with van der Waals surface area (Å²) in [7, 11) is 1.56. The predicted octanol–water partition coefficient (Wildman–Crippen LogP) is 2.87. The highest BCUT2D eigenvalue weighted by molar-refractivity contribution is 5.91. The van der Waals surface area contributed by atoms with Gasteiger partial charge in [-0.2, -0.15) is 0 Å². The lowest BCUT2D eigenvalue weighted by molar-refractivity contribution is -0.124. The van der Waals surface area contributed by atoms with Crippen molar-refractivity contribution in [3.8, 4) is 5.75 Å². The molecule has 5 nitrogen and oxygen atoms in total. The summed E-state index contributed by atoms with van der Waals surface area (Å²) in [5, 5.41) is 2.70. The van der Waals surface area contributed by atoms with Crippen LogP contribution >= 0.6 is 0 Å². The number of methoxy groups -OCH3 is 1. The molecule has 2 rings (SSSR count). The Morgan fingerprint density at radius 2 is 1.92 bits per heavy atom. The number of carbonyl (C=O) groups is 2. The summed E-state index contributed by atoms with van der Waals surface area (Å²) in [6.07, 6.45) is 0. The second-order valence-corrected chi connectivity index (χ2v) is 5.12. The molecule has 0 aliphatic rings. The van der Waals surface area contributed by atoms with Gasteiger partial charge in [0.2, 0.25) is 0 Å². The predicted molar refractivity (Wildman–Crippen MR) is 86.2 cm³/mol. The van der Waals surface area contributed by atoms with Gasteiger partial charge in [0.05, 0.1) is 18.7 Å². The van der Waals surface area contributed by atoms with Gasteiger partial charge in [-0.15, -0.1) is 0 Å². The van der Waals surface area contributed by atoms with Crippen molar-refractivity contribution in [2.75, 3.05) is 13.7 Å². The van der Waals surface area contributed by atoms with Crippen LogP contribution in [0.25, 0.3) is 0 Å². The highest BCUT2D eigenvalue weighted by atomic mass is 19.1. The molecule has 2 aromatic rings. The van der Waals surface area contributed by atoms with Crippen molar-refractivity contribution in [2.24, 2.45) is 0 Å². The van der Waals surface area contributed by atoms with Gasteiger partial charge in [0.15, 0.2) is 6.61 Å². The van der Waals surface area contributed by atoms with Crippen molar-refractivity contribution in [1.82, 2.24) is 5.32 Å². The fraction of sp³-hybridized carbons (Fsp3) is 0.222. The van der Waals surface area contributed by atoms with E-state index in [-0.39, 0.29) is 11.6 Å². The first kappa shape index (κ1) is 17.5. The Bertz CT molecular complexity index is 732. The average Bonchev–Trinajstić information content (AvgIpc) is 2.60. The van der Waals surface area contributed by atoms with E-state index in [1.54, 1.807) is 26.2 Å². The molecule has 0 aliphatic heterocycles. The van der Waals surface area contributed by atoms with Gasteiger partial charge in [-0.25, -0.2) is 9.18 Å². The van der Waals surface area contributed by atoms with Gasteiger partial charge in [-0.05, 0) is 36.8 Å². The van der Waals surface area contributed by atoms with Gasteiger partial charge in [-0.3, -0.25) is 4.79 Å². The lowest BCUT2D eigenvalue weighted by Gasteiger charge is -2.15. The number of benzene rings is 2. The number of amides is 1. The van der Waals surface area contributed by atoms with Crippen molar-refractivity contribution in [3.05, 3.63) is 65.5 Å². The molecule has 1 N–H and O–H groups in total. The smallest absolute Gasteiger partial charge is 0.341 e. The summed E-state index contributed by atoms with van der Waals surface area (Å²) in [6.45, 7) is 1.31. The van der Waals surface area contributed by atoms with Crippen LogP contribution in [0.15, 0.2) is 48.5 Å². The topological polar surface area (TPSA) is 64.6 Å². The summed E-state index contributed by atoms with van der Waals surface area (Å²) in [4.78, 5) is 23.6. The quantitative estimate of drug-likeness (QED) is 0.827. The minimum Gasteiger partial charge on any atom is -0.497 e. The van der Waals surface area contributed by atoms with E-state index in [2.05, 4.69) is 5.32 Å². The molecular formula is C18H18FNO4. The monoisotopic (exact) mass is 331 g/mol. The summed E-state index contributed by atoms with van der Waals surface area (Å²) in [5.41, 5.74) is 0.647. The van der Waals surface area contributed by atoms with Crippen LogP contribution in [0, 0.1) is 5.82 Å². The fourth-order valence-corrected chi connectivity index (χ4v) is 2.11. The van der Waals surface area contributed by atoms with Crippen molar-refractivity contribution in [2.45, 2.75) is 13.0 Å². The van der Waals surface area contributed by atoms with Crippen LogP contribution in [0.5, 0.6) is 5.75 Å². The number of esters is 1. The van der Waals surface area contributed by atoms with E-state index in [0.717, 1.165) is 11.6 Å². The number of carbonyl (C=O) groups excluding carboxylic acids is 2. The van der Waals surface area contributed by atoms with Gasteiger partial charge in [0, 0.05) is 0 Å². The van der Waals surface area contributed by atoms with E-state index in [4.69, 9.17) is 9.47 Å². The van der Waals surface area contributed by atoms with Crippen LogP contribution in [0.3, 0.4) is 0 Å². The summed E-state index contributed by atoms with van der Waals surface area (Å²) >= 11 is 0. The van der Waals surface area contributed by atoms with Crippen LogP contribution in [-0.4, -0.2) is 25.6 Å². The minimum atomic E-state index is -0.878. The lowest BCUT2D eigenvalue weighted by Crippen LogP contribution is -2.31. The molecule has 0 radical (unpaired) electrons. The number of rotatable bonds is 6. The molecule has 0 aliphatic carbocycles. The molecule has 126 valence electrons. The Labute approximate surface area is 139 Å². The van der Waals surface area contributed by atoms with Crippen LogP contribution in [0.1, 0.15) is 28.9 Å². The van der Waals surface area contributed by atoms with E-state index in [1.807, 2.05) is 12.1 Å². The normalized spacial score (nSPS) is 11.5. The molecule has 0 spiro atoms. The Balaban J connectivity index is 1.89. The van der Waals surface area contributed by atoms with Gasteiger partial charge < -0.3 is 14.8 Å². The standard InChI is InChI=1S/C18H18FNO4/c1-12(13-6-5-7-14(10-13)23-2)20-17(21)11-24-18(22)15-8-3-4-9-16(15)19/h3-10,12H,11H2,1-2H3,(H,20,21). The van der Waals surface area contributed by atoms with Crippen LogP contribution < -0.4 is 10.1 Å². The van der Waals surface area contributed by atoms with Gasteiger partial charge in [0.1, 0.15) is 11.6 Å². The van der Waals surface area contributed by atoms with Crippen LogP contribution in [0.2, 0.25) is 0 Å². The Kier molecular flexibility index (Phi) is 5.89. The number of halogens is 1. The maximum atomic E-state index is 13.5. The van der Waals surface area contributed by atoms with Crippen molar-refractivity contribution >= 4 is 11.9 Å². The molecule has 0 aromatic heterocycles. The largest absolute Gasteiger partial charge is 0.497 e. The number of hydrogen-bond acceptors (Lipinski definition) is 4. The zero-order valence-corrected chi connectivity index (χ0v) is 13.4. The molecule has 24 heavy (non-hydrogen) atoms. The molecule has 2 aromatic carbocycles. The van der Waals surface area contributed by atoms with Crippen LogP contribution in [0.4, 0.5) is 4.39 Å². The maximum Gasteiger partial charge on any atom is 0.341 e. The first-order valence-electron chi connectivity index (χ1n) is 7.36. The second-order valence-electron chi connectivity index (χ2n) is 5.12. The third-order valence-electron chi connectivity index (χ3n) is 3.40. The highest BCUT2D eigenvalue weighted by Crippen LogP contribution is 2.18. The Morgan fingerprint density at radius 1 is 1.17 bits per heavy atom. The molecule has 0 heterocycles. The molecule has 1 amide bonds. The van der Waals surface area contributed by atoms with Crippen molar-refractivity contribution < 1.29 is 23.5 Å². The molecule has 0 saturated heterocycles. The third kappa shape index (κ3) is 4.55. The van der Waals surface area contributed by atoms with Crippen molar-refractivity contribution in [3.63, 3.8) is 0 Å². The molecule has 0 bridgehead atoms. The van der Waals surface area contributed by atoms with Gasteiger partial charge in [0.25, 0.3) is 5.91 Å². The van der Waals surface area contributed by atoms with E-state index in [1.165, 1.54) is 18.2 Å². The van der Waals surface area contributed by atoms with E-state index >= 15 is 0 Å². The molecule has 6 heteroatoms. The number of nitrogens with one attached hydrogen (secondary N) is 1. The minimum absolute atomic E-state index is 0.203. The SMILES string of the molecule is COc1cccc(C(C)NC(=O)COC(=O)c2ccccc2F)c1. The van der Waals surface area contributed by atoms with E-state index in [9.17, 15) is 14.0 Å². The number of hydrogen-bond donors (Lipinski definition) is 1. The molecular weight excluding hydrogens is 313 g/mol. The molecule has 1 unspecified atom stereocenters. The summed E-state index contributed by atoms with van der Waals surface area (Å²) in [6, 6.07) is 12.4. The zero-order chi connectivity index (χ0) is 17.5. The number of ether oxygens (including phenoxy) is 2. The van der Waals surface area contributed by atoms with Crippen molar-refractivity contribution in [1.29, 1.82) is 0 Å². The fourth-order valence-electron chi connectivity index (χ4n) is 2.11. The molecule has 1 atom stereocenters. The Morgan fingerprint density at radius 3 is 2.62 bits per heavy atom.